The van der Waals surface area contributed by atoms with E-state index in [1.807, 2.05) is 12.1 Å². The van der Waals surface area contributed by atoms with Crippen LogP contribution in [0.25, 0.3) is 0 Å². The van der Waals surface area contributed by atoms with Gasteiger partial charge in [0.25, 0.3) is 0 Å². The monoisotopic (exact) mass is 275 g/mol. The van der Waals surface area contributed by atoms with Crippen LogP contribution < -0.4 is 10.1 Å². The molecule has 2 rings (SSSR count). The van der Waals surface area contributed by atoms with Crippen molar-refractivity contribution in [3.05, 3.63) is 48.0 Å². The minimum Gasteiger partial charge on any atom is -0.481 e. The summed E-state index contributed by atoms with van der Waals surface area (Å²) in [6, 6.07) is 7.07. The number of hydrogen-bond acceptors (Lipinski definition) is 4. The zero-order valence-corrected chi connectivity index (χ0v) is 11.5. The van der Waals surface area contributed by atoms with E-state index in [1.165, 1.54) is 0 Å². The molecule has 0 atom stereocenters. The molecule has 0 saturated heterocycles. The molecule has 2 aromatic rings. The number of aromatic nitrogens is 1. The minimum absolute atomic E-state index is 0.169. The van der Waals surface area contributed by atoms with E-state index in [2.05, 4.69) is 10.3 Å². The van der Waals surface area contributed by atoms with Crippen molar-refractivity contribution < 1.29 is 13.9 Å². The highest BCUT2D eigenvalue weighted by Gasteiger charge is 2.10. The first-order chi connectivity index (χ1) is 9.69. The maximum atomic E-state index is 11.9. The second kappa shape index (κ2) is 6.60. The van der Waals surface area contributed by atoms with E-state index < -0.39 is 0 Å². The highest BCUT2D eigenvalue weighted by molar-refractivity contribution is 5.73. The molecular weight excluding hydrogens is 258 g/mol. The van der Waals surface area contributed by atoms with Crippen LogP contribution in [-0.4, -0.2) is 30.1 Å². The lowest BCUT2D eigenvalue weighted by atomic mass is 10.3. The van der Waals surface area contributed by atoms with Crippen LogP contribution in [0.2, 0.25) is 0 Å². The molecule has 0 unspecified atom stereocenters. The van der Waals surface area contributed by atoms with Gasteiger partial charge < -0.3 is 19.4 Å². The average Bonchev–Trinajstić information content (AvgIpc) is 2.98. The predicted octanol–water partition coefficient (Wildman–Crippen LogP) is 2.02. The summed E-state index contributed by atoms with van der Waals surface area (Å²) >= 11 is 0. The van der Waals surface area contributed by atoms with Gasteiger partial charge in [-0.1, -0.05) is 6.07 Å². The quantitative estimate of drug-likeness (QED) is 0.906. The largest absolute Gasteiger partial charge is 0.481 e. The number of methoxy groups -OCH3 is 1. The molecule has 2 heterocycles. The highest BCUT2D eigenvalue weighted by Crippen LogP contribution is 2.07. The van der Waals surface area contributed by atoms with Crippen LogP contribution in [-0.2, 0) is 13.1 Å². The van der Waals surface area contributed by atoms with Gasteiger partial charge in [0.15, 0.2) is 0 Å². The van der Waals surface area contributed by atoms with E-state index in [-0.39, 0.29) is 6.03 Å². The van der Waals surface area contributed by atoms with Gasteiger partial charge in [0.2, 0.25) is 5.88 Å². The van der Waals surface area contributed by atoms with Gasteiger partial charge in [-0.05, 0) is 17.7 Å². The number of carbonyl (C=O) groups is 1. The second-order valence-electron chi connectivity index (χ2n) is 4.30. The number of carbonyl (C=O) groups excluding carboxylic acids is 1. The molecule has 2 aromatic heterocycles. The molecule has 0 bridgehead atoms. The number of ether oxygens (including phenoxy) is 1. The summed E-state index contributed by atoms with van der Waals surface area (Å²) < 4.78 is 10.2. The molecule has 0 aromatic carbocycles. The molecule has 1 N–H and O–H groups in total. The number of furan rings is 1. The summed E-state index contributed by atoms with van der Waals surface area (Å²) in [5.41, 5.74) is 0.908. The molecule has 6 nitrogen and oxygen atoms in total. The Balaban J connectivity index is 1.81. The zero-order chi connectivity index (χ0) is 14.4. The Morgan fingerprint density at radius 2 is 2.30 bits per heavy atom. The number of nitrogens with one attached hydrogen (secondary N) is 1. The van der Waals surface area contributed by atoms with Crippen LogP contribution >= 0.6 is 0 Å². The van der Waals surface area contributed by atoms with E-state index in [4.69, 9.17) is 9.15 Å². The number of urea groups is 1. The van der Waals surface area contributed by atoms with Crippen molar-refractivity contribution in [1.29, 1.82) is 0 Å². The number of rotatable bonds is 5. The zero-order valence-electron chi connectivity index (χ0n) is 11.5. The van der Waals surface area contributed by atoms with E-state index in [0.717, 1.165) is 11.3 Å². The van der Waals surface area contributed by atoms with Crippen molar-refractivity contribution in [1.82, 2.24) is 15.2 Å². The Bertz CT molecular complexity index is 537. The van der Waals surface area contributed by atoms with Crippen molar-refractivity contribution in [2.24, 2.45) is 0 Å². The third-order valence-corrected chi connectivity index (χ3v) is 2.77. The minimum atomic E-state index is -0.169. The molecule has 6 heteroatoms. The van der Waals surface area contributed by atoms with Gasteiger partial charge in [-0.15, -0.1) is 0 Å². The Morgan fingerprint density at radius 1 is 1.45 bits per heavy atom. The summed E-state index contributed by atoms with van der Waals surface area (Å²) in [4.78, 5) is 17.5. The van der Waals surface area contributed by atoms with Gasteiger partial charge in [-0.2, -0.15) is 0 Å². The first-order valence-electron chi connectivity index (χ1n) is 6.19. The van der Waals surface area contributed by atoms with E-state index in [1.54, 1.807) is 43.7 Å². The summed E-state index contributed by atoms with van der Waals surface area (Å²) in [5.74, 6) is 1.30. The summed E-state index contributed by atoms with van der Waals surface area (Å²) in [6.07, 6.45) is 3.26. The van der Waals surface area contributed by atoms with Gasteiger partial charge >= 0.3 is 6.03 Å². The average molecular weight is 275 g/mol. The molecule has 0 fully saturated rings. The van der Waals surface area contributed by atoms with Gasteiger partial charge in [0.1, 0.15) is 5.76 Å². The van der Waals surface area contributed by atoms with Crippen molar-refractivity contribution in [2.45, 2.75) is 13.1 Å². The molecule has 0 aliphatic carbocycles. The predicted molar refractivity (Wildman–Crippen MR) is 73.2 cm³/mol. The van der Waals surface area contributed by atoms with Crippen LogP contribution in [0.5, 0.6) is 5.88 Å². The number of hydrogen-bond donors (Lipinski definition) is 1. The fourth-order valence-corrected chi connectivity index (χ4v) is 1.66. The first-order valence-corrected chi connectivity index (χ1v) is 6.19. The van der Waals surface area contributed by atoms with Gasteiger partial charge in [-0.25, -0.2) is 9.78 Å². The van der Waals surface area contributed by atoms with Crippen LogP contribution in [0.4, 0.5) is 4.79 Å². The van der Waals surface area contributed by atoms with Gasteiger partial charge in [-0.3, -0.25) is 0 Å². The smallest absolute Gasteiger partial charge is 0.317 e. The fraction of sp³-hybridized carbons (Fsp3) is 0.286. The first kappa shape index (κ1) is 13.9. The maximum absolute atomic E-state index is 11.9. The van der Waals surface area contributed by atoms with Crippen molar-refractivity contribution >= 4 is 6.03 Å². The molecular formula is C14H17N3O3. The second-order valence-corrected chi connectivity index (χ2v) is 4.30. The van der Waals surface area contributed by atoms with Crippen LogP contribution in [0.15, 0.2) is 41.1 Å². The molecule has 0 spiro atoms. The summed E-state index contributed by atoms with van der Waals surface area (Å²) in [5, 5.41) is 2.81. The molecule has 2 amide bonds. The van der Waals surface area contributed by atoms with Crippen molar-refractivity contribution in [3.8, 4) is 5.88 Å². The van der Waals surface area contributed by atoms with Gasteiger partial charge in [0.05, 0.1) is 19.9 Å². The van der Waals surface area contributed by atoms with Crippen LogP contribution in [0.1, 0.15) is 11.3 Å². The van der Waals surface area contributed by atoms with Crippen LogP contribution in [0.3, 0.4) is 0 Å². The Morgan fingerprint density at radius 3 is 2.90 bits per heavy atom. The normalized spacial score (nSPS) is 10.1. The Kier molecular flexibility index (Phi) is 4.60. The lowest BCUT2D eigenvalue weighted by Gasteiger charge is -2.16. The Labute approximate surface area is 117 Å². The SMILES string of the molecule is COc1ccc(CNC(=O)N(C)Cc2ccco2)cn1. The van der Waals surface area contributed by atoms with E-state index in [9.17, 15) is 4.79 Å². The lowest BCUT2D eigenvalue weighted by Crippen LogP contribution is -2.36. The number of amides is 2. The highest BCUT2D eigenvalue weighted by atomic mass is 16.5. The van der Waals surface area contributed by atoms with Gasteiger partial charge in [0, 0.05) is 25.9 Å². The molecule has 0 radical (unpaired) electrons. The third kappa shape index (κ3) is 3.74. The molecule has 20 heavy (non-hydrogen) atoms. The third-order valence-electron chi connectivity index (χ3n) is 2.77. The summed E-state index contributed by atoms with van der Waals surface area (Å²) in [7, 11) is 3.28. The van der Waals surface area contributed by atoms with Crippen LogP contribution in [0, 0.1) is 0 Å². The Hall–Kier alpha value is -2.50. The van der Waals surface area contributed by atoms with E-state index in [0.29, 0.717) is 19.0 Å². The molecule has 0 saturated carbocycles. The molecule has 106 valence electrons. The van der Waals surface area contributed by atoms with E-state index >= 15 is 0 Å². The molecule has 0 aliphatic rings. The summed E-state index contributed by atoms with van der Waals surface area (Å²) in [6.45, 7) is 0.845. The topological polar surface area (TPSA) is 67.6 Å². The lowest BCUT2D eigenvalue weighted by molar-refractivity contribution is 0.202. The maximum Gasteiger partial charge on any atom is 0.317 e. The molecule has 0 aliphatic heterocycles. The number of nitrogens with zero attached hydrogens (tertiary/aromatic N) is 2. The number of pyridine rings is 1. The fourth-order valence-electron chi connectivity index (χ4n) is 1.66. The van der Waals surface area contributed by atoms with Crippen molar-refractivity contribution in [3.63, 3.8) is 0 Å². The standard InChI is InChI=1S/C14H17N3O3/c1-17(10-12-4-3-7-20-12)14(18)16-9-11-5-6-13(19-2)15-8-11/h3-8H,9-10H2,1-2H3,(H,16,18). The van der Waals surface area contributed by atoms with Crippen molar-refractivity contribution in [2.75, 3.05) is 14.2 Å².